The number of nitrogens with two attached hydrogens (primary N) is 1. The molecular weight excluding hydrogens is 98.1 g/mol. The Labute approximate surface area is 51.3 Å². The Kier molecular flexibility index (Phi) is 1.57. The highest BCUT2D eigenvalue weighted by molar-refractivity contribution is 4.97. The van der Waals surface area contributed by atoms with E-state index in [4.69, 9.17) is 5.73 Å². The fraction of sp³-hybridized carbons (Fsp3) is 1.00. The first kappa shape index (κ1) is 6.09. The van der Waals surface area contributed by atoms with Gasteiger partial charge in [-0.3, -0.25) is 0 Å². The fourth-order valence-electron chi connectivity index (χ4n) is 1.37. The molecule has 0 saturated heterocycles. The van der Waals surface area contributed by atoms with Crippen LogP contribution in [-0.4, -0.2) is 6.04 Å². The lowest BCUT2D eigenvalue weighted by Crippen LogP contribution is -2.02. The standard InChI is InChI=1S/C7H15N/c1-3-4-6-5(2)7(6)8/h5-7H,3-4,8H2,1-2H3/t5-,6+,7?/m1/s1. The second-order valence-corrected chi connectivity index (χ2v) is 2.89. The van der Waals surface area contributed by atoms with Gasteiger partial charge in [-0.05, 0) is 18.3 Å². The van der Waals surface area contributed by atoms with E-state index in [2.05, 4.69) is 13.8 Å². The Balaban J connectivity index is 2.13. The molecule has 2 N–H and O–H groups in total. The zero-order valence-corrected chi connectivity index (χ0v) is 5.72. The summed E-state index contributed by atoms with van der Waals surface area (Å²) in [6.07, 6.45) is 2.63. The summed E-state index contributed by atoms with van der Waals surface area (Å²) in [6, 6.07) is 0.537. The third-order valence-electron chi connectivity index (χ3n) is 2.26. The van der Waals surface area contributed by atoms with Crippen molar-refractivity contribution in [2.75, 3.05) is 0 Å². The third-order valence-corrected chi connectivity index (χ3v) is 2.26. The quantitative estimate of drug-likeness (QED) is 0.575. The molecule has 1 rings (SSSR count). The molecule has 0 amide bonds. The molecule has 0 aromatic heterocycles. The molecule has 1 aliphatic rings. The molecule has 8 heavy (non-hydrogen) atoms. The van der Waals surface area contributed by atoms with Gasteiger partial charge in [-0.2, -0.15) is 0 Å². The van der Waals surface area contributed by atoms with Gasteiger partial charge in [-0.15, -0.1) is 0 Å². The highest BCUT2D eigenvalue weighted by Gasteiger charge is 2.42. The van der Waals surface area contributed by atoms with Gasteiger partial charge in [-0.25, -0.2) is 0 Å². The van der Waals surface area contributed by atoms with Crippen LogP contribution in [0.25, 0.3) is 0 Å². The molecule has 0 radical (unpaired) electrons. The van der Waals surface area contributed by atoms with Crippen LogP contribution in [0, 0.1) is 11.8 Å². The second kappa shape index (κ2) is 2.06. The maximum Gasteiger partial charge on any atom is 0.00993 e. The van der Waals surface area contributed by atoms with E-state index < -0.39 is 0 Å². The lowest BCUT2D eigenvalue weighted by molar-refractivity contribution is 0.652. The molecule has 1 unspecified atom stereocenters. The largest absolute Gasteiger partial charge is 0.327 e. The molecule has 1 saturated carbocycles. The lowest BCUT2D eigenvalue weighted by atomic mass is 10.2. The van der Waals surface area contributed by atoms with Gasteiger partial charge in [0.05, 0.1) is 0 Å². The van der Waals surface area contributed by atoms with Crippen molar-refractivity contribution >= 4 is 0 Å². The van der Waals surface area contributed by atoms with Gasteiger partial charge in [0, 0.05) is 6.04 Å². The average molecular weight is 113 g/mol. The Bertz CT molecular complexity index is 72.5. The van der Waals surface area contributed by atoms with E-state index in [-0.39, 0.29) is 0 Å². The molecule has 0 spiro atoms. The van der Waals surface area contributed by atoms with E-state index >= 15 is 0 Å². The van der Waals surface area contributed by atoms with Crippen LogP contribution < -0.4 is 5.73 Å². The first-order valence-electron chi connectivity index (χ1n) is 3.53. The van der Waals surface area contributed by atoms with Gasteiger partial charge in [0.15, 0.2) is 0 Å². The van der Waals surface area contributed by atoms with Gasteiger partial charge in [0.1, 0.15) is 0 Å². The zero-order chi connectivity index (χ0) is 6.15. The molecule has 0 bridgehead atoms. The van der Waals surface area contributed by atoms with Crippen LogP contribution in [-0.2, 0) is 0 Å². The number of hydrogen-bond acceptors (Lipinski definition) is 1. The van der Waals surface area contributed by atoms with Crippen LogP contribution in [0.15, 0.2) is 0 Å². The monoisotopic (exact) mass is 113 g/mol. The summed E-state index contributed by atoms with van der Waals surface area (Å²) in [7, 11) is 0. The van der Waals surface area contributed by atoms with Crippen LogP contribution >= 0.6 is 0 Å². The van der Waals surface area contributed by atoms with Crippen LogP contribution in [0.5, 0.6) is 0 Å². The molecule has 1 fully saturated rings. The second-order valence-electron chi connectivity index (χ2n) is 2.89. The van der Waals surface area contributed by atoms with Crippen molar-refractivity contribution in [3.05, 3.63) is 0 Å². The van der Waals surface area contributed by atoms with Crippen LogP contribution in [0.2, 0.25) is 0 Å². The molecule has 0 aliphatic heterocycles. The van der Waals surface area contributed by atoms with Crippen molar-refractivity contribution < 1.29 is 0 Å². The first-order valence-corrected chi connectivity index (χ1v) is 3.53. The zero-order valence-electron chi connectivity index (χ0n) is 5.72. The van der Waals surface area contributed by atoms with Crippen LogP contribution in [0.3, 0.4) is 0 Å². The van der Waals surface area contributed by atoms with Gasteiger partial charge < -0.3 is 5.73 Å². The van der Waals surface area contributed by atoms with Crippen molar-refractivity contribution in [3.63, 3.8) is 0 Å². The van der Waals surface area contributed by atoms with Crippen molar-refractivity contribution in [2.24, 2.45) is 17.6 Å². The molecule has 1 nitrogen and oxygen atoms in total. The topological polar surface area (TPSA) is 26.0 Å². The third kappa shape index (κ3) is 0.873. The fourth-order valence-corrected chi connectivity index (χ4v) is 1.37. The van der Waals surface area contributed by atoms with E-state index in [1.54, 1.807) is 0 Å². The summed E-state index contributed by atoms with van der Waals surface area (Å²) in [5, 5.41) is 0. The summed E-state index contributed by atoms with van der Waals surface area (Å²) in [5.74, 6) is 1.68. The maximum absolute atomic E-state index is 5.70. The lowest BCUT2D eigenvalue weighted by Gasteiger charge is -1.87. The van der Waals surface area contributed by atoms with Crippen molar-refractivity contribution in [2.45, 2.75) is 32.7 Å². The normalized spacial score (nSPS) is 44.6. The maximum atomic E-state index is 5.70. The minimum Gasteiger partial charge on any atom is -0.327 e. The van der Waals surface area contributed by atoms with Gasteiger partial charge in [0.25, 0.3) is 0 Å². The van der Waals surface area contributed by atoms with Gasteiger partial charge >= 0.3 is 0 Å². The van der Waals surface area contributed by atoms with Crippen molar-refractivity contribution in [1.29, 1.82) is 0 Å². The molecule has 0 heterocycles. The summed E-state index contributed by atoms with van der Waals surface area (Å²) < 4.78 is 0. The predicted octanol–water partition coefficient (Wildman–Crippen LogP) is 1.38. The Morgan fingerprint density at radius 3 is 2.12 bits per heavy atom. The summed E-state index contributed by atoms with van der Waals surface area (Å²) in [5.41, 5.74) is 5.70. The van der Waals surface area contributed by atoms with Gasteiger partial charge in [-0.1, -0.05) is 20.3 Å². The SMILES string of the molecule is CCC[C@@H]1C(N)[C@@H]1C. The summed E-state index contributed by atoms with van der Waals surface area (Å²) in [4.78, 5) is 0. The predicted molar refractivity (Wildman–Crippen MR) is 35.5 cm³/mol. The van der Waals surface area contributed by atoms with Crippen LogP contribution in [0.4, 0.5) is 0 Å². The molecule has 48 valence electrons. The van der Waals surface area contributed by atoms with Crippen molar-refractivity contribution in [1.82, 2.24) is 0 Å². The molecule has 3 atom stereocenters. The van der Waals surface area contributed by atoms with E-state index in [0.717, 1.165) is 11.8 Å². The Morgan fingerprint density at radius 2 is 2.00 bits per heavy atom. The molecule has 0 aromatic carbocycles. The van der Waals surface area contributed by atoms with E-state index in [1.807, 2.05) is 0 Å². The van der Waals surface area contributed by atoms with E-state index in [1.165, 1.54) is 12.8 Å². The van der Waals surface area contributed by atoms with Crippen molar-refractivity contribution in [3.8, 4) is 0 Å². The van der Waals surface area contributed by atoms with Crippen LogP contribution in [0.1, 0.15) is 26.7 Å². The van der Waals surface area contributed by atoms with E-state index in [0.29, 0.717) is 6.04 Å². The molecule has 1 aliphatic carbocycles. The molecule has 1 heteroatoms. The first-order chi connectivity index (χ1) is 3.77. The summed E-state index contributed by atoms with van der Waals surface area (Å²) in [6.45, 7) is 4.46. The molecule has 0 aromatic rings. The average Bonchev–Trinajstić information content (AvgIpc) is 2.25. The van der Waals surface area contributed by atoms with E-state index in [9.17, 15) is 0 Å². The highest BCUT2D eigenvalue weighted by Crippen LogP contribution is 2.39. The Hall–Kier alpha value is -0.0400. The number of hydrogen-bond donors (Lipinski definition) is 1. The Morgan fingerprint density at radius 1 is 1.50 bits per heavy atom. The number of rotatable bonds is 2. The summed E-state index contributed by atoms with van der Waals surface area (Å²) >= 11 is 0. The molecular formula is C7H15N. The smallest absolute Gasteiger partial charge is 0.00993 e. The minimum atomic E-state index is 0.537. The van der Waals surface area contributed by atoms with Gasteiger partial charge in [0.2, 0.25) is 0 Å². The minimum absolute atomic E-state index is 0.537. The highest BCUT2D eigenvalue weighted by atomic mass is 14.8.